The van der Waals surface area contributed by atoms with Crippen molar-refractivity contribution in [2.75, 3.05) is 5.73 Å². The Bertz CT molecular complexity index is 404. The fourth-order valence-corrected chi connectivity index (χ4v) is 1.35. The van der Waals surface area contributed by atoms with Crippen LogP contribution in [0.15, 0.2) is 28.0 Å². The fraction of sp³-hybridized carbons (Fsp3) is 0. The van der Waals surface area contributed by atoms with Gasteiger partial charge in [0.15, 0.2) is 0 Å². The summed E-state index contributed by atoms with van der Waals surface area (Å²) in [6.45, 7) is 0. The number of anilines is 1. The van der Waals surface area contributed by atoms with Gasteiger partial charge in [0.25, 0.3) is 10.1 Å². The van der Waals surface area contributed by atoms with Crippen molar-refractivity contribution >= 4 is 28.4 Å². The van der Waals surface area contributed by atoms with Crippen LogP contribution >= 0.6 is 12.6 Å². The third kappa shape index (κ3) is 3.27. The second kappa shape index (κ2) is 4.41. The van der Waals surface area contributed by atoms with Gasteiger partial charge in [0, 0.05) is 10.6 Å². The summed E-state index contributed by atoms with van der Waals surface area (Å²) >= 11 is 3.94. The van der Waals surface area contributed by atoms with Crippen LogP contribution in [0.2, 0.25) is 0 Å². The molecule has 0 radical (unpaired) electrons. The average Bonchev–Trinajstić information content (AvgIpc) is 1.92. The predicted molar refractivity (Wildman–Crippen MR) is 47.9 cm³/mol. The number of hydrogen-bond donors (Lipinski definition) is 3. The van der Waals surface area contributed by atoms with Gasteiger partial charge in [0.1, 0.15) is 0 Å². The van der Waals surface area contributed by atoms with Crippen LogP contribution in [-0.2, 0) is 29.6 Å². The van der Waals surface area contributed by atoms with E-state index in [0.717, 1.165) is 6.07 Å². The molecule has 0 spiro atoms. The van der Waals surface area contributed by atoms with E-state index in [0.29, 0.717) is 4.90 Å². The fourth-order valence-electron chi connectivity index (χ4n) is 0.693. The van der Waals surface area contributed by atoms with Crippen LogP contribution in [0.25, 0.3) is 0 Å². The maximum absolute atomic E-state index is 10.6. The summed E-state index contributed by atoms with van der Waals surface area (Å²) in [5, 5.41) is 0. The first-order valence-electron chi connectivity index (χ1n) is 2.97. The first kappa shape index (κ1) is 12.9. The summed E-state index contributed by atoms with van der Waals surface area (Å²) in [7, 11) is -4.16. The zero-order valence-corrected chi connectivity index (χ0v) is 11.3. The molecule has 0 aliphatic rings. The van der Waals surface area contributed by atoms with Crippen molar-refractivity contribution in [3.8, 4) is 0 Å². The van der Waals surface area contributed by atoms with Crippen molar-refractivity contribution in [1.82, 2.24) is 0 Å². The minimum absolute atomic E-state index is 0. The Hall–Kier alpha value is -0.0966. The van der Waals surface area contributed by atoms with Crippen LogP contribution in [0.4, 0.5) is 5.69 Å². The average molecular weight is 271 g/mol. The molecule has 3 N–H and O–H groups in total. The van der Waals surface area contributed by atoms with E-state index in [1.807, 2.05) is 0 Å². The van der Waals surface area contributed by atoms with Crippen LogP contribution in [0, 0.1) is 0 Å². The first-order valence-corrected chi connectivity index (χ1v) is 4.86. The van der Waals surface area contributed by atoms with Gasteiger partial charge in [-0.1, -0.05) is 0 Å². The Morgan fingerprint density at radius 3 is 2.31 bits per heavy atom. The molecular formula is C6H7NO3S2Zn+2. The van der Waals surface area contributed by atoms with Crippen molar-refractivity contribution in [2.24, 2.45) is 0 Å². The van der Waals surface area contributed by atoms with E-state index in [4.69, 9.17) is 10.3 Å². The standard InChI is InChI=1S/C6H7NO3S2.Zn/c7-5-3-4(12(8,9)10)1-2-6(5)11;/h1-3,11H,7H2,(H,8,9,10);/q;+2. The molecule has 0 saturated heterocycles. The van der Waals surface area contributed by atoms with E-state index in [9.17, 15) is 8.42 Å². The molecule has 0 heterocycles. The van der Waals surface area contributed by atoms with Crippen molar-refractivity contribution in [1.29, 1.82) is 0 Å². The number of rotatable bonds is 1. The second-order valence-electron chi connectivity index (χ2n) is 2.20. The van der Waals surface area contributed by atoms with Gasteiger partial charge in [-0.05, 0) is 18.2 Å². The molecule has 0 atom stereocenters. The van der Waals surface area contributed by atoms with Crippen LogP contribution in [0.1, 0.15) is 0 Å². The van der Waals surface area contributed by atoms with Crippen molar-refractivity contribution < 1.29 is 32.4 Å². The van der Waals surface area contributed by atoms with Gasteiger partial charge in [0.05, 0.1) is 4.90 Å². The molecule has 1 aromatic rings. The van der Waals surface area contributed by atoms with Gasteiger partial charge in [-0.15, -0.1) is 12.6 Å². The maximum Gasteiger partial charge on any atom is 2.00 e. The summed E-state index contributed by atoms with van der Waals surface area (Å²) in [6.07, 6.45) is 0. The summed E-state index contributed by atoms with van der Waals surface area (Å²) < 4.78 is 29.7. The molecule has 4 nitrogen and oxygen atoms in total. The topological polar surface area (TPSA) is 80.4 Å². The molecule has 1 rings (SSSR count). The quantitative estimate of drug-likeness (QED) is 0.305. The number of nitrogens with two attached hydrogens (primary N) is 1. The first-order chi connectivity index (χ1) is 5.41. The molecule has 13 heavy (non-hydrogen) atoms. The Balaban J connectivity index is 0.00000144. The van der Waals surface area contributed by atoms with E-state index in [-0.39, 0.29) is 30.1 Å². The van der Waals surface area contributed by atoms with E-state index in [2.05, 4.69) is 12.6 Å². The number of hydrogen-bond acceptors (Lipinski definition) is 4. The smallest absolute Gasteiger partial charge is 0.398 e. The van der Waals surface area contributed by atoms with Gasteiger partial charge < -0.3 is 5.73 Å². The monoisotopic (exact) mass is 269 g/mol. The van der Waals surface area contributed by atoms with Crippen LogP contribution in [0.3, 0.4) is 0 Å². The third-order valence-electron chi connectivity index (χ3n) is 1.30. The van der Waals surface area contributed by atoms with Crippen LogP contribution in [0.5, 0.6) is 0 Å². The third-order valence-corrected chi connectivity index (χ3v) is 2.55. The number of nitrogen functional groups attached to an aromatic ring is 1. The van der Waals surface area contributed by atoms with E-state index < -0.39 is 10.1 Å². The van der Waals surface area contributed by atoms with E-state index in [1.165, 1.54) is 12.1 Å². The Labute approximate surface area is 94.4 Å². The SMILES string of the molecule is Nc1cc(S(=O)(=O)O)ccc1S.[Zn+2]. The molecule has 0 saturated carbocycles. The molecule has 0 unspecified atom stereocenters. The molecular weight excluding hydrogens is 264 g/mol. The van der Waals surface area contributed by atoms with Crippen molar-refractivity contribution in [2.45, 2.75) is 9.79 Å². The summed E-state index contributed by atoms with van der Waals surface area (Å²) in [5.74, 6) is 0. The van der Waals surface area contributed by atoms with Crippen LogP contribution < -0.4 is 5.73 Å². The van der Waals surface area contributed by atoms with Gasteiger partial charge in [0.2, 0.25) is 0 Å². The van der Waals surface area contributed by atoms with Crippen molar-refractivity contribution in [3.05, 3.63) is 18.2 Å². The zero-order valence-electron chi connectivity index (χ0n) is 6.64. The zero-order chi connectivity index (χ0) is 9.35. The number of thiol groups is 1. The second-order valence-corrected chi connectivity index (χ2v) is 4.10. The van der Waals surface area contributed by atoms with E-state index in [1.54, 1.807) is 0 Å². The van der Waals surface area contributed by atoms with Crippen LogP contribution in [-0.4, -0.2) is 13.0 Å². The van der Waals surface area contributed by atoms with Crippen molar-refractivity contribution in [3.63, 3.8) is 0 Å². The number of benzene rings is 1. The molecule has 0 aliphatic heterocycles. The minimum Gasteiger partial charge on any atom is -0.398 e. The Kier molecular flexibility index (Phi) is 4.38. The summed E-state index contributed by atoms with van der Waals surface area (Å²) in [4.78, 5) is 0.250. The summed E-state index contributed by atoms with van der Waals surface area (Å²) in [5.41, 5.74) is 5.58. The molecule has 66 valence electrons. The molecule has 7 heteroatoms. The normalized spacial score (nSPS) is 10.6. The minimum atomic E-state index is -4.16. The molecule has 1 aromatic carbocycles. The Morgan fingerprint density at radius 2 is 1.92 bits per heavy atom. The molecule has 0 aliphatic carbocycles. The van der Waals surface area contributed by atoms with Gasteiger partial charge in [-0.3, -0.25) is 4.55 Å². The molecule has 0 aromatic heterocycles. The Morgan fingerprint density at radius 1 is 1.38 bits per heavy atom. The van der Waals surface area contributed by atoms with Gasteiger partial charge >= 0.3 is 19.5 Å². The summed E-state index contributed by atoms with van der Waals surface area (Å²) in [6, 6.07) is 3.78. The van der Waals surface area contributed by atoms with Gasteiger partial charge in [-0.2, -0.15) is 8.42 Å². The van der Waals surface area contributed by atoms with E-state index >= 15 is 0 Å². The maximum atomic E-state index is 10.6. The van der Waals surface area contributed by atoms with Gasteiger partial charge in [-0.25, -0.2) is 0 Å². The predicted octanol–water partition coefficient (Wildman–Crippen LogP) is 0.802. The molecule has 0 bridgehead atoms. The molecule has 0 amide bonds. The largest absolute Gasteiger partial charge is 2.00 e. The molecule has 0 fully saturated rings.